The van der Waals surface area contributed by atoms with Gasteiger partial charge in [0.25, 0.3) is 0 Å². The van der Waals surface area contributed by atoms with Gasteiger partial charge in [-0.1, -0.05) is 12.1 Å². The van der Waals surface area contributed by atoms with Gasteiger partial charge in [0.15, 0.2) is 17.5 Å². The highest BCUT2D eigenvalue weighted by Crippen LogP contribution is 2.30. The number of benzene rings is 1. The Bertz CT molecular complexity index is 924. The van der Waals surface area contributed by atoms with Gasteiger partial charge in [0.05, 0.1) is 19.2 Å². The van der Waals surface area contributed by atoms with E-state index in [0.29, 0.717) is 31.4 Å². The Morgan fingerprint density at radius 3 is 2.76 bits per heavy atom. The summed E-state index contributed by atoms with van der Waals surface area (Å²) in [7, 11) is 3.40. The average molecular weight is 569 g/mol. The van der Waals surface area contributed by atoms with Crippen LogP contribution in [0.15, 0.2) is 47.6 Å². The lowest BCUT2D eigenvalue weighted by molar-refractivity contribution is -0.128. The van der Waals surface area contributed by atoms with Crippen molar-refractivity contribution in [3.63, 3.8) is 0 Å². The summed E-state index contributed by atoms with van der Waals surface area (Å²) in [6, 6.07) is 10.5. The van der Waals surface area contributed by atoms with Crippen LogP contribution in [0, 0.1) is 11.7 Å². The molecule has 1 amide bonds. The second-order valence-electron chi connectivity index (χ2n) is 8.12. The van der Waals surface area contributed by atoms with Crippen LogP contribution < -0.4 is 15.4 Å². The molecule has 1 aromatic carbocycles. The first-order valence-corrected chi connectivity index (χ1v) is 11.0. The molecule has 1 aliphatic carbocycles. The SMILES string of the molecule is CN=C(NCC(=O)N(C)CCc1ccccn1)NC(C)c1ccc(OCC2CC2)c(F)c1.I. The highest BCUT2D eigenvalue weighted by atomic mass is 127. The summed E-state index contributed by atoms with van der Waals surface area (Å²) in [5, 5.41) is 6.22. The number of hydrogen-bond acceptors (Lipinski definition) is 4. The summed E-state index contributed by atoms with van der Waals surface area (Å²) in [5.74, 6) is 0.901. The molecule has 2 aromatic rings. The zero-order valence-electron chi connectivity index (χ0n) is 19.4. The maximum Gasteiger partial charge on any atom is 0.241 e. The molecule has 33 heavy (non-hydrogen) atoms. The molecular formula is C24H33FIN5O2. The average Bonchev–Trinajstić information content (AvgIpc) is 3.64. The van der Waals surface area contributed by atoms with E-state index in [4.69, 9.17) is 4.74 Å². The van der Waals surface area contributed by atoms with Crippen LogP contribution in [0.2, 0.25) is 0 Å². The van der Waals surface area contributed by atoms with Gasteiger partial charge in [0.2, 0.25) is 5.91 Å². The molecule has 2 N–H and O–H groups in total. The van der Waals surface area contributed by atoms with Gasteiger partial charge in [-0.15, -0.1) is 24.0 Å². The number of nitrogens with zero attached hydrogens (tertiary/aromatic N) is 3. The normalized spacial score (nSPS) is 14.1. The Balaban J connectivity index is 0.00000385. The van der Waals surface area contributed by atoms with Crippen molar-refractivity contribution in [2.24, 2.45) is 10.9 Å². The number of carbonyl (C=O) groups is 1. The molecule has 0 bridgehead atoms. The first-order valence-electron chi connectivity index (χ1n) is 11.0. The summed E-state index contributed by atoms with van der Waals surface area (Å²) in [5.41, 5.74) is 1.71. The molecule has 1 saturated carbocycles. The lowest BCUT2D eigenvalue weighted by atomic mass is 10.1. The summed E-state index contributed by atoms with van der Waals surface area (Å²) in [6.07, 6.45) is 4.76. The van der Waals surface area contributed by atoms with E-state index in [1.807, 2.05) is 31.2 Å². The van der Waals surface area contributed by atoms with Gasteiger partial charge in [0, 0.05) is 39.0 Å². The molecule has 180 valence electrons. The Labute approximate surface area is 212 Å². The van der Waals surface area contributed by atoms with E-state index >= 15 is 0 Å². The third-order valence-electron chi connectivity index (χ3n) is 5.47. The second kappa shape index (κ2) is 13.3. The molecule has 1 fully saturated rings. The fourth-order valence-electron chi connectivity index (χ4n) is 3.13. The van der Waals surface area contributed by atoms with Crippen molar-refractivity contribution >= 4 is 35.8 Å². The number of amides is 1. The minimum atomic E-state index is -0.371. The Kier molecular flexibility index (Phi) is 10.8. The number of likely N-dealkylation sites (N-methyl/N-ethyl adjacent to an activating group) is 1. The van der Waals surface area contributed by atoms with Crippen LogP contribution in [-0.4, -0.2) is 55.5 Å². The first kappa shape index (κ1) is 26.8. The van der Waals surface area contributed by atoms with Crippen molar-refractivity contribution in [3.05, 3.63) is 59.7 Å². The molecule has 3 rings (SSSR count). The smallest absolute Gasteiger partial charge is 0.241 e. The highest BCUT2D eigenvalue weighted by Gasteiger charge is 2.22. The van der Waals surface area contributed by atoms with Gasteiger partial charge < -0.3 is 20.3 Å². The fourth-order valence-corrected chi connectivity index (χ4v) is 3.13. The van der Waals surface area contributed by atoms with E-state index in [1.165, 1.54) is 6.07 Å². The van der Waals surface area contributed by atoms with Gasteiger partial charge >= 0.3 is 0 Å². The van der Waals surface area contributed by atoms with Gasteiger partial charge in [-0.3, -0.25) is 14.8 Å². The van der Waals surface area contributed by atoms with Crippen molar-refractivity contribution in [2.75, 3.05) is 33.8 Å². The number of rotatable bonds is 10. The summed E-state index contributed by atoms with van der Waals surface area (Å²) < 4.78 is 19.9. The minimum Gasteiger partial charge on any atom is -0.490 e. The largest absolute Gasteiger partial charge is 0.490 e. The highest BCUT2D eigenvalue weighted by molar-refractivity contribution is 14.0. The third-order valence-corrected chi connectivity index (χ3v) is 5.47. The van der Waals surface area contributed by atoms with E-state index in [2.05, 4.69) is 20.6 Å². The van der Waals surface area contributed by atoms with Crippen LogP contribution >= 0.6 is 24.0 Å². The number of hydrogen-bond donors (Lipinski definition) is 2. The zero-order valence-corrected chi connectivity index (χ0v) is 21.7. The Morgan fingerprint density at radius 2 is 2.12 bits per heavy atom. The quantitative estimate of drug-likeness (QED) is 0.260. The van der Waals surface area contributed by atoms with Crippen molar-refractivity contribution < 1.29 is 13.9 Å². The zero-order chi connectivity index (χ0) is 22.9. The monoisotopic (exact) mass is 569 g/mol. The molecule has 0 aliphatic heterocycles. The Hall–Kier alpha value is -2.43. The van der Waals surface area contributed by atoms with Crippen LogP contribution in [0.25, 0.3) is 0 Å². The van der Waals surface area contributed by atoms with Crippen molar-refractivity contribution in [3.8, 4) is 5.75 Å². The molecule has 1 unspecified atom stereocenters. The number of nitrogens with one attached hydrogen (secondary N) is 2. The van der Waals surface area contributed by atoms with Crippen LogP contribution in [0.4, 0.5) is 4.39 Å². The number of ether oxygens (including phenoxy) is 1. The number of halogens is 2. The molecule has 7 nitrogen and oxygen atoms in total. The van der Waals surface area contributed by atoms with E-state index < -0.39 is 0 Å². The van der Waals surface area contributed by atoms with Gasteiger partial charge in [-0.2, -0.15) is 0 Å². The van der Waals surface area contributed by atoms with Crippen molar-refractivity contribution in [1.82, 2.24) is 20.5 Å². The first-order chi connectivity index (χ1) is 15.5. The predicted molar refractivity (Wildman–Crippen MR) is 139 cm³/mol. The molecule has 1 heterocycles. The van der Waals surface area contributed by atoms with Crippen molar-refractivity contribution in [2.45, 2.75) is 32.2 Å². The lowest BCUT2D eigenvalue weighted by Crippen LogP contribution is -2.44. The van der Waals surface area contributed by atoms with E-state index in [9.17, 15) is 9.18 Å². The predicted octanol–water partition coefficient (Wildman–Crippen LogP) is 3.55. The van der Waals surface area contributed by atoms with Gasteiger partial charge in [0.1, 0.15) is 0 Å². The van der Waals surface area contributed by atoms with Crippen LogP contribution in [0.5, 0.6) is 5.75 Å². The van der Waals surface area contributed by atoms with Gasteiger partial charge in [-0.05, 0) is 55.5 Å². The van der Waals surface area contributed by atoms with Crippen LogP contribution in [0.3, 0.4) is 0 Å². The van der Waals surface area contributed by atoms with Crippen LogP contribution in [0.1, 0.15) is 37.1 Å². The molecule has 0 radical (unpaired) electrons. The third kappa shape index (κ3) is 8.79. The lowest BCUT2D eigenvalue weighted by Gasteiger charge is -2.21. The molecule has 1 aromatic heterocycles. The molecular weight excluding hydrogens is 536 g/mol. The molecule has 0 spiro atoms. The Morgan fingerprint density at radius 1 is 1.33 bits per heavy atom. The summed E-state index contributed by atoms with van der Waals surface area (Å²) in [6.45, 7) is 3.17. The summed E-state index contributed by atoms with van der Waals surface area (Å²) in [4.78, 5) is 22.5. The van der Waals surface area contributed by atoms with E-state index in [1.54, 1.807) is 31.3 Å². The van der Waals surface area contributed by atoms with E-state index in [-0.39, 0.29) is 54.0 Å². The minimum absolute atomic E-state index is 0. The molecule has 1 aliphatic rings. The molecule has 0 saturated heterocycles. The topological polar surface area (TPSA) is 78.9 Å². The van der Waals surface area contributed by atoms with Gasteiger partial charge in [-0.25, -0.2) is 4.39 Å². The summed E-state index contributed by atoms with van der Waals surface area (Å²) >= 11 is 0. The molecule has 9 heteroatoms. The van der Waals surface area contributed by atoms with Crippen molar-refractivity contribution in [1.29, 1.82) is 0 Å². The van der Waals surface area contributed by atoms with E-state index in [0.717, 1.165) is 24.1 Å². The maximum atomic E-state index is 14.4. The van der Waals surface area contributed by atoms with Crippen LogP contribution in [-0.2, 0) is 11.2 Å². The maximum absolute atomic E-state index is 14.4. The standard InChI is InChI=1S/C24H32FN5O2.HI/c1-17(19-9-10-22(21(25)14-19)32-16-18-7-8-18)29-24(26-2)28-15-23(31)30(3)13-11-20-6-4-5-12-27-20;/h4-6,9-10,12,14,17-18H,7-8,11,13,15-16H2,1-3H3,(H2,26,28,29);1H. The molecule has 1 atom stereocenters. The number of guanidine groups is 1. The number of carbonyl (C=O) groups excluding carboxylic acids is 1. The fraction of sp³-hybridized carbons (Fsp3) is 0.458. The number of pyridine rings is 1. The number of aromatic nitrogens is 1. The number of aliphatic imine (C=N–C) groups is 1. The second-order valence-corrected chi connectivity index (χ2v) is 8.12.